The van der Waals surface area contributed by atoms with Gasteiger partial charge in [-0.25, -0.2) is 4.98 Å². The first-order valence-electron chi connectivity index (χ1n) is 10.3. The molecule has 166 valence electrons. The highest BCUT2D eigenvalue weighted by molar-refractivity contribution is 5.82. The maximum absolute atomic E-state index is 11.1. The number of nitro groups is 1. The van der Waals surface area contributed by atoms with Crippen molar-refractivity contribution in [1.82, 2.24) is 9.55 Å². The van der Waals surface area contributed by atoms with Crippen LogP contribution < -0.4 is 9.47 Å². The van der Waals surface area contributed by atoms with E-state index in [1.807, 2.05) is 48.5 Å². The first-order chi connectivity index (χ1) is 16.0. The number of benzene rings is 3. The summed E-state index contributed by atoms with van der Waals surface area (Å²) in [5.74, 6) is 2.21. The van der Waals surface area contributed by atoms with Gasteiger partial charge in [-0.15, -0.1) is 6.58 Å². The standard InChI is InChI=1S/C26H23N3O4/c1-4-17-28-25(19-9-15-23(33-3)16-10-19)24(18-7-13-22(32-2)14-8-18)27-26(28)20-5-11-21(12-6-20)29(30)31/h4-16H,1,17H2,2-3H3. The molecule has 0 radical (unpaired) electrons. The molecule has 1 aromatic heterocycles. The van der Waals surface area contributed by atoms with Gasteiger partial charge in [-0.3, -0.25) is 10.1 Å². The summed E-state index contributed by atoms with van der Waals surface area (Å²) in [7, 11) is 3.26. The number of imidazole rings is 1. The van der Waals surface area contributed by atoms with Gasteiger partial charge in [0.25, 0.3) is 5.69 Å². The first kappa shape index (κ1) is 21.8. The number of nitro benzene ring substituents is 1. The summed E-state index contributed by atoms with van der Waals surface area (Å²) >= 11 is 0. The number of hydrogen-bond acceptors (Lipinski definition) is 5. The Kier molecular flexibility index (Phi) is 6.22. The number of rotatable bonds is 8. The minimum absolute atomic E-state index is 0.0336. The van der Waals surface area contributed by atoms with Crippen molar-refractivity contribution in [1.29, 1.82) is 0 Å². The minimum Gasteiger partial charge on any atom is -0.497 e. The van der Waals surface area contributed by atoms with Crippen LogP contribution in [0.5, 0.6) is 11.5 Å². The molecule has 0 bridgehead atoms. The largest absolute Gasteiger partial charge is 0.497 e. The second-order valence-electron chi connectivity index (χ2n) is 7.29. The summed E-state index contributed by atoms with van der Waals surface area (Å²) in [6, 6.07) is 21.9. The van der Waals surface area contributed by atoms with E-state index in [0.717, 1.165) is 39.6 Å². The third kappa shape index (κ3) is 4.34. The van der Waals surface area contributed by atoms with Crippen LogP contribution in [0.4, 0.5) is 5.69 Å². The number of non-ortho nitro benzene ring substituents is 1. The summed E-state index contributed by atoms with van der Waals surface area (Å²) in [6.07, 6.45) is 1.81. The fourth-order valence-corrected chi connectivity index (χ4v) is 3.70. The molecule has 0 atom stereocenters. The average Bonchev–Trinajstić information content (AvgIpc) is 3.23. The van der Waals surface area contributed by atoms with Gasteiger partial charge in [0.2, 0.25) is 0 Å². The smallest absolute Gasteiger partial charge is 0.269 e. The number of nitrogens with zero attached hydrogens (tertiary/aromatic N) is 3. The third-order valence-corrected chi connectivity index (χ3v) is 5.34. The van der Waals surface area contributed by atoms with Crippen LogP contribution >= 0.6 is 0 Å². The second-order valence-corrected chi connectivity index (χ2v) is 7.29. The Balaban J connectivity index is 1.95. The molecule has 4 rings (SSSR count). The van der Waals surface area contributed by atoms with Crippen LogP contribution in [0.2, 0.25) is 0 Å². The molecular formula is C26H23N3O4. The highest BCUT2D eigenvalue weighted by atomic mass is 16.6. The molecule has 0 aliphatic carbocycles. The topological polar surface area (TPSA) is 79.4 Å². The number of aromatic nitrogens is 2. The van der Waals surface area contributed by atoms with E-state index in [4.69, 9.17) is 14.5 Å². The molecule has 0 saturated heterocycles. The lowest BCUT2D eigenvalue weighted by molar-refractivity contribution is -0.384. The van der Waals surface area contributed by atoms with Gasteiger partial charge in [-0.2, -0.15) is 0 Å². The van der Waals surface area contributed by atoms with Crippen molar-refractivity contribution in [2.24, 2.45) is 0 Å². The lowest BCUT2D eigenvalue weighted by Gasteiger charge is -2.12. The number of ether oxygens (including phenoxy) is 2. The highest BCUT2D eigenvalue weighted by Gasteiger charge is 2.21. The summed E-state index contributed by atoms with van der Waals surface area (Å²) in [4.78, 5) is 15.7. The lowest BCUT2D eigenvalue weighted by atomic mass is 10.0. The second kappa shape index (κ2) is 9.40. The quantitative estimate of drug-likeness (QED) is 0.190. The maximum Gasteiger partial charge on any atom is 0.269 e. The molecule has 0 amide bonds. The van der Waals surface area contributed by atoms with Gasteiger partial charge < -0.3 is 14.0 Å². The van der Waals surface area contributed by atoms with Gasteiger partial charge in [0.15, 0.2) is 0 Å². The van der Waals surface area contributed by atoms with E-state index in [-0.39, 0.29) is 5.69 Å². The van der Waals surface area contributed by atoms with E-state index in [1.54, 1.807) is 32.4 Å². The van der Waals surface area contributed by atoms with Crippen LogP contribution in [-0.2, 0) is 6.54 Å². The Hall–Kier alpha value is -4.39. The molecule has 7 nitrogen and oxygen atoms in total. The molecule has 0 spiro atoms. The van der Waals surface area contributed by atoms with Gasteiger partial charge >= 0.3 is 0 Å². The molecule has 33 heavy (non-hydrogen) atoms. The zero-order chi connectivity index (χ0) is 23.4. The number of allylic oxidation sites excluding steroid dienone is 1. The van der Waals surface area contributed by atoms with Crippen LogP contribution in [0.1, 0.15) is 0 Å². The Bertz CT molecular complexity index is 1280. The molecular weight excluding hydrogens is 418 g/mol. The Morgan fingerprint density at radius 3 is 1.88 bits per heavy atom. The SMILES string of the molecule is C=CCn1c(-c2ccc([N+](=O)[O-])cc2)nc(-c2ccc(OC)cc2)c1-c1ccc(OC)cc1. The predicted molar refractivity (Wildman–Crippen MR) is 128 cm³/mol. The molecule has 0 fully saturated rings. The van der Waals surface area contributed by atoms with E-state index in [9.17, 15) is 10.1 Å². The van der Waals surface area contributed by atoms with Crippen LogP contribution in [0, 0.1) is 10.1 Å². The fraction of sp³-hybridized carbons (Fsp3) is 0.115. The van der Waals surface area contributed by atoms with Crippen LogP contribution in [0.15, 0.2) is 85.5 Å². The molecule has 0 aliphatic heterocycles. The van der Waals surface area contributed by atoms with Crippen molar-refractivity contribution in [2.75, 3.05) is 14.2 Å². The molecule has 0 N–H and O–H groups in total. The van der Waals surface area contributed by atoms with Crippen molar-refractivity contribution in [3.8, 4) is 45.4 Å². The number of hydrogen-bond donors (Lipinski definition) is 0. The van der Waals surface area contributed by atoms with E-state index < -0.39 is 4.92 Å². The van der Waals surface area contributed by atoms with Crippen LogP contribution in [0.25, 0.3) is 33.9 Å². The fourth-order valence-electron chi connectivity index (χ4n) is 3.70. The van der Waals surface area contributed by atoms with Crippen LogP contribution in [-0.4, -0.2) is 28.7 Å². The van der Waals surface area contributed by atoms with Gasteiger partial charge in [0, 0.05) is 35.4 Å². The van der Waals surface area contributed by atoms with E-state index in [1.165, 1.54) is 12.1 Å². The monoisotopic (exact) mass is 441 g/mol. The Morgan fingerprint density at radius 1 is 0.879 bits per heavy atom. The summed E-state index contributed by atoms with van der Waals surface area (Å²) in [6.45, 7) is 4.43. The van der Waals surface area contributed by atoms with Crippen molar-refractivity contribution >= 4 is 5.69 Å². The van der Waals surface area contributed by atoms with Gasteiger partial charge in [0.05, 0.1) is 30.5 Å². The number of methoxy groups -OCH3 is 2. The molecule has 7 heteroatoms. The van der Waals surface area contributed by atoms with Crippen molar-refractivity contribution in [3.63, 3.8) is 0 Å². The summed E-state index contributed by atoms with van der Waals surface area (Å²) in [5, 5.41) is 11.1. The minimum atomic E-state index is -0.411. The molecule has 4 aromatic rings. The Morgan fingerprint density at radius 2 is 1.39 bits per heavy atom. The molecule has 0 aliphatic rings. The molecule has 0 unspecified atom stereocenters. The van der Waals surface area contributed by atoms with Gasteiger partial charge in [0.1, 0.15) is 17.3 Å². The van der Waals surface area contributed by atoms with E-state index >= 15 is 0 Å². The summed E-state index contributed by atoms with van der Waals surface area (Å²) < 4.78 is 12.7. The molecule has 3 aromatic carbocycles. The van der Waals surface area contributed by atoms with E-state index in [0.29, 0.717) is 12.4 Å². The van der Waals surface area contributed by atoms with Gasteiger partial charge in [-0.1, -0.05) is 6.08 Å². The summed E-state index contributed by atoms with van der Waals surface area (Å²) in [5.41, 5.74) is 4.40. The normalized spacial score (nSPS) is 10.6. The first-order valence-corrected chi connectivity index (χ1v) is 10.3. The van der Waals surface area contributed by atoms with E-state index in [2.05, 4.69) is 11.1 Å². The highest BCUT2D eigenvalue weighted by Crippen LogP contribution is 2.37. The molecule has 0 saturated carbocycles. The average molecular weight is 441 g/mol. The zero-order valence-corrected chi connectivity index (χ0v) is 18.4. The van der Waals surface area contributed by atoms with Crippen molar-refractivity contribution < 1.29 is 14.4 Å². The van der Waals surface area contributed by atoms with Crippen molar-refractivity contribution in [2.45, 2.75) is 6.54 Å². The van der Waals surface area contributed by atoms with Gasteiger partial charge in [-0.05, 0) is 60.7 Å². The predicted octanol–water partition coefficient (Wildman–Crippen LogP) is 6.00. The zero-order valence-electron chi connectivity index (χ0n) is 18.4. The van der Waals surface area contributed by atoms with Crippen molar-refractivity contribution in [3.05, 3.63) is 95.6 Å². The van der Waals surface area contributed by atoms with Crippen LogP contribution in [0.3, 0.4) is 0 Å². The maximum atomic E-state index is 11.1. The third-order valence-electron chi connectivity index (χ3n) is 5.34. The Labute approximate surface area is 191 Å². The molecule has 1 heterocycles. The lowest BCUT2D eigenvalue weighted by Crippen LogP contribution is -2.01.